The van der Waals surface area contributed by atoms with Crippen LogP contribution >= 0.6 is 0 Å². The van der Waals surface area contributed by atoms with Gasteiger partial charge in [-0.25, -0.2) is 0 Å². The second kappa shape index (κ2) is 5.30. The van der Waals surface area contributed by atoms with E-state index in [2.05, 4.69) is 13.8 Å². The van der Waals surface area contributed by atoms with Gasteiger partial charge in [0, 0.05) is 5.54 Å². The van der Waals surface area contributed by atoms with Crippen LogP contribution in [0.25, 0.3) is 0 Å². The van der Waals surface area contributed by atoms with E-state index >= 15 is 0 Å². The summed E-state index contributed by atoms with van der Waals surface area (Å²) in [6.45, 7) is 4.79. The van der Waals surface area contributed by atoms with Crippen molar-refractivity contribution in [3.05, 3.63) is 0 Å². The Morgan fingerprint density at radius 2 is 1.59 bits per heavy atom. The van der Waals surface area contributed by atoms with E-state index in [4.69, 9.17) is 5.73 Å². The van der Waals surface area contributed by atoms with Crippen molar-refractivity contribution in [1.82, 2.24) is 0 Å². The van der Waals surface area contributed by atoms with Gasteiger partial charge in [-0.05, 0) is 37.0 Å². The van der Waals surface area contributed by atoms with E-state index in [1.807, 2.05) is 0 Å². The quantitative estimate of drug-likeness (QED) is 0.760. The lowest BCUT2D eigenvalue weighted by atomic mass is 9.61. The Morgan fingerprint density at radius 3 is 2.24 bits per heavy atom. The third kappa shape index (κ3) is 3.05. The van der Waals surface area contributed by atoms with Crippen molar-refractivity contribution in [2.24, 2.45) is 17.1 Å². The zero-order valence-corrected chi connectivity index (χ0v) is 11.9. The molecule has 0 amide bonds. The number of rotatable bonds is 3. The first-order chi connectivity index (χ1) is 8.04. The lowest BCUT2D eigenvalue weighted by Gasteiger charge is -2.48. The predicted octanol–water partition coefficient (Wildman–Crippen LogP) is 4.64. The van der Waals surface area contributed by atoms with Gasteiger partial charge < -0.3 is 5.73 Å². The second-order valence-corrected chi connectivity index (χ2v) is 7.29. The van der Waals surface area contributed by atoms with Crippen molar-refractivity contribution in [3.63, 3.8) is 0 Å². The molecule has 1 atom stereocenters. The topological polar surface area (TPSA) is 26.0 Å². The number of hydrogen-bond acceptors (Lipinski definition) is 1. The van der Waals surface area contributed by atoms with Gasteiger partial charge in [-0.3, -0.25) is 0 Å². The molecule has 2 fully saturated rings. The van der Waals surface area contributed by atoms with Gasteiger partial charge in [0.15, 0.2) is 0 Å². The highest BCUT2D eigenvalue weighted by molar-refractivity contribution is 5.00. The predicted molar refractivity (Wildman–Crippen MR) is 75.0 cm³/mol. The molecule has 0 heterocycles. The average molecular weight is 237 g/mol. The van der Waals surface area contributed by atoms with Crippen LogP contribution in [0.1, 0.15) is 84.5 Å². The van der Waals surface area contributed by atoms with E-state index in [9.17, 15) is 0 Å². The summed E-state index contributed by atoms with van der Waals surface area (Å²) in [6.07, 6.45) is 15.3. The SMILES string of the molecule is CC1(C)CCCCC1(N)CCC1CCCCC1. The highest BCUT2D eigenvalue weighted by Gasteiger charge is 2.43. The van der Waals surface area contributed by atoms with Gasteiger partial charge in [0.05, 0.1) is 0 Å². The summed E-state index contributed by atoms with van der Waals surface area (Å²) in [5.74, 6) is 0.988. The molecule has 1 nitrogen and oxygen atoms in total. The fourth-order valence-corrected chi connectivity index (χ4v) is 4.00. The highest BCUT2D eigenvalue weighted by Crippen LogP contribution is 2.45. The summed E-state index contributed by atoms with van der Waals surface area (Å²) in [4.78, 5) is 0. The van der Waals surface area contributed by atoms with E-state index in [1.54, 1.807) is 0 Å². The molecule has 0 saturated heterocycles. The van der Waals surface area contributed by atoms with Crippen LogP contribution in [-0.2, 0) is 0 Å². The Balaban J connectivity index is 1.87. The van der Waals surface area contributed by atoms with Gasteiger partial charge in [0.2, 0.25) is 0 Å². The molecule has 0 aliphatic heterocycles. The second-order valence-electron chi connectivity index (χ2n) is 7.29. The van der Waals surface area contributed by atoms with E-state index in [0.29, 0.717) is 5.41 Å². The fraction of sp³-hybridized carbons (Fsp3) is 1.00. The summed E-state index contributed by atoms with van der Waals surface area (Å²) >= 11 is 0. The Labute approximate surface area is 108 Å². The van der Waals surface area contributed by atoms with E-state index < -0.39 is 0 Å². The van der Waals surface area contributed by atoms with Crippen molar-refractivity contribution in [2.45, 2.75) is 90.0 Å². The van der Waals surface area contributed by atoms with Gasteiger partial charge in [-0.15, -0.1) is 0 Å². The molecule has 17 heavy (non-hydrogen) atoms. The molecular formula is C16H31N. The Kier molecular flexibility index (Phi) is 4.18. The van der Waals surface area contributed by atoms with Gasteiger partial charge >= 0.3 is 0 Å². The van der Waals surface area contributed by atoms with E-state index in [-0.39, 0.29) is 5.54 Å². The molecule has 0 radical (unpaired) electrons. The molecule has 0 spiro atoms. The molecular weight excluding hydrogens is 206 g/mol. The lowest BCUT2D eigenvalue weighted by molar-refractivity contribution is 0.0816. The minimum atomic E-state index is 0.128. The molecule has 0 aromatic rings. The standard InChI is InChI=1S/C16H31N/c1-15(2)11-6-7-12-16(15,17)13-10-14-8-4-3-5-9-14/h14H,3-13,17H2,1-2H3. The summed E-state index contributed by atoms with van der Waals surface area (Å²) < 4.78 is 0. The summed E-state index contributed by atoms with van der Waals surface area (Å²) in [5, 5.41) is 0. The van der Waals surface area contributed by atoms with Crippen molar-refractivity contribution in [2.75, 3.05) is 0 Å². The third-order valence-corrected chi connectivity index (χ3v) is 5.75. The molecule has 2 saturated carbocycles. The van der Waals surface area contributed by atoms with E-state index in [1.165, 1.54) is 70.6 Å². The molecule has 0 aromatic carbocycles. The van der Waals surface area contributed by atoms with Crippen molar-refractivity contribution >= 4 is 0 Å². The number of hydrogen-bond donors (Lipinski definition) is 1. The molecule has 2 aliphatic carbocycles. The normalized spacial score (nSPS) is 34.8. The van der Waals surface area contributed by atoms with Gasteiger partial charge in [0.25, 0.3) is 0 Å². The van der Waals surface area contributed by atoms with Crippen molar-refractivity contribution in [1.29, 1.82) is 0 Å². The van der Waals surface area contributed by atoms with Crippen LogP contribution < -0.4 is 5.73 Å². The van der Waals surface area contributed by atoms with Gasteiger partial charge in [0.1, 0.15) is 0 Å². The summed E-state index contributed by atoms with van der Waals surface area (Å²) in [5.41, 5.74) is 7.24. The molecule has 2 rings (SSSR count). The van der Waals surface area contributed by atoms with Crippen molar-refractivity contribution < 1.29 is 0 Å². The lowest BCUT2D eigenvalue weighted by Crippen LogP contribution is -2.54. The van der Waals surface area contributed by atoms with Crippen LogP contribution in [0.15, 0.2) is 0 Å². The first-order valence-electron chi connectivity index (χ1n) is 7.82. The molecule has 0 bridgehead atoms. The van der Waals surface area contributed by atoms with Crippen LogP contribution in [0, 0.1) is 11.3 Å². The van der Waals surface area contributed by atoms with Gasteiger partial charge in [-0.1, -0.05) is 58.8 Å². The zero-order chi connectivity index (χ0) is 12.4. The first-order valence-corrected chi connectivity index (χ1v) is 7.82. The maximum atomic E-state index is 6.75. The minimum absolute atomic E-state index is 0.128. The smallest absolute Gasteiger partial charge is 0.0206 e. The third-order valence-electron chi connectivity index (χ3n) is 5.75. The monoisotopic (exact) mass is 237 g/mol. The molecule has 1 heteroatoms. The van der Waals surface area contributed by atoms with Crippen LogP contribution in [0.3, 0.4) is 0 Å². The first kappa shape index (κ1) is 13.4. The van der Waals surface area contributed by atoms with Crippen LogP contribution in [0.2, 0.25) is 0 Å². The maximum absolute atomic E-state index is 6.75. The summed E-state index contributed by atoms with van der Waals surface area (Å²) in [6, 6.07) is 0. The molecule has 0 aromatic heterocycles. The van der Waals surface area contributed by atoms with Gasteiger partial charge in [-0.2, -0.15) is 0 Å². The molecule has 2 aliphatic rings. The van der Waals surface area contributed by atoms with Crippen LogP contribution in [0.4, 0.5) is 0 Å². The number of nitrogens with two attached hydrogens (primary N) is 1. The highest BCUT2D eigenvalue weighted by atomic mass is 14.8. The van der Waals surface area contributed by atoms with Crippen LogP contribution in [-0.4, -0.2) is 5.54 Å². The van der Waals surface area contributed by atoms with E-state index in [0.717, 1.165) is 5.92 Å². The molecule has 2 N–H and O–H groups in total. The average Bonchev–Trinajstić information content (AvgIpc) is 2.32. The Bertz CT molecular complexity index is 240. The Morgan fingerprint density at radius 1 is 0.941 bits per heavy atom. The van der Waals surface area contributed by atoms with Crippen LogP contribution in [0.5, 0.6) is 0 Å². The molecule has 100 valence electrons. The largest absolute Gasteiger partial charge is 0.325 e. The fourth-order valence-electron chi connectivity index (χ4n) is 4.00. The van der Waals surface area contributed by atoms with Crippen molar-refractivity contribution in [3.8, 4) is 0 Å². The minimum Gasteiger partial charge on any atom is -0.325 e. The zero-order valence-electron chi connectivity index (χ0n) is 11.9. The summed E-state index contributed by atoms with van der Waals surface area (Å²) in [7, 11) is 0. The molecule has 1 unspecified atom stereocenters. The maximum Gasteiger partial charge on any atom is 0.0206 e. The Hall–Kier alpha value is -0.0400.